The van der Waals surface area contributed by atoms with E-state index in [9.17, 15) is 5.11 Å². The lowest BCUT2D eigenvalue weighted by atomic mass is 9.85. The van der Waals surface area contributed by atoms with Crippen molar-refractivity contribution in [2.45, 2.75) is 51.9 Å². The molecule has 0 amide bonds. The Kier molecular flexibility index (Phi) is 7.38. The van der Waals surface area contributed by atoms with Crippen LogP contribution in [0.2, 0.25) is 5.02 Å². The van der Waals surface area contributed by atoms with Crippen molar-refractivity contribution in [3.05, 3.63) is 34.9 Å². The molecule has 0 saturated carbocycles. The molecule has 2 atom stereocenters. The first-order chi connectivity index (χ1) is 8.71. The van der Waals surface area contributed by atoms with Gasteiger partial charge in [0.25, 0.3) is 0 Å². The van der Waals surface area contributed by atoms with Crippen LogP contribution in [0.4, 0.5) is 0 Å². The number of hydrogen-bond donors (Lipinski definition) is 1. The zero-order valence-corrected chi connectivity index (χ0v) is 12.3. The molecular formula is C16H25ClO. The van der Waals surface area contributed by atoms with Crippen LogP contribution in [0.1, 0.15) is 57.4 Å². The minimum atomic E-state index is 0.226. The van der Waals surface area contributed by atoms with Gasteiger partial charge in [-0.15, -0.1) is 0 Å². The quantitative estimate of drug-likeness (QED) is 0.702. The van der Waals surface area contributed by atoms with Crippen molar-refractivity contribution < 1.29 is 5.11 Å². The predicted molar refractivity (Wildman–Crippen MR) is 79.2 cm³/mol. The number of halogens is 1. The molecule has 0 aromatic heterocycles. The van der Waals surface area contributed by atoms with E-state index in [1.807, 2.05) is 24.3 Å². The predicted octanol–water partition coefficient (Wildman–Crippen LogP) is 5.02. The maximum Gasteiger partial charge on any atom is 0.0499 e. The van der Waals surface area contributed by atoms with E-state index in [0.29, 0.717) is 0 Å². The lowest BCUT2D eigenvalue weighted by Gasteiger charge is -2.21. The molecule has 1 aromatic rings. The van der Waals surface area contributed by atoms with Gasteiger partial charge in [-0.2, -0.15) is 0 Å². The fourth-order valence-corrected chi connectivity index (χ4v) is 2.56. The fraction of sp³-hybridized carbons (Fsp3) is 0.625. The molecule has 1 aromatic carbocycles. The number of aliphatic hydroxyl groups excluding tert-OH is 1. The third kappa shape index (κ3) is 4.99. The summed E-state index contributed by atoms with van der Waals surface area (Å²) in [6.07, 6.45) is 6.09. The Morgan fingerprint density at radius 1 is 1.17 bits per heavy atom. The van der Waals surface area contributed by atoms with Crippen LogP contribution in [0.15, 0.2) is 24.3 Å². The first-order valence-corrected chi connectivity index (χ1v) is 7.45. The van der Waals surface area contributed by atoms with E-state index in [4.69, 9.17) is 11.6 Å². The molecule has 102 valence electrons. The smallest absolute Gasteiger partial charge is 0.0499 e. The van der Waals surface area contributed by atoms with Crippen molar-refractivity contribution in [2.75, 3.05) is 6.61 Å². The Balaban J connectivity index is 2.62. The molecular weight excluding hydrogens is 244 g/mol. The van der Waals surface area contributed by atoms with Crippen molar-refractivity contribution in [3.63, 3.8) is 0 Å². The molecule has 0 heterocycles. The summed E-state index contributed by atoms with van der Waals surface area (Å²) in [6.45, 7) is 4.70. The molecule has 0 aliphatic heterocycles. The summed E-state index contributed by atoms with van der Waals surface area (Å²) in [6, 6.07) is 7.89. The molecule has 18 heavy (non-hydrogen) atoms. The maximum atomic E-state index is 9.59. The zero-order valence-electron chi connectivity index (χ0n) is 11.5. The summed E-state index contributed by atoms with van der Waals surface area (Å²) in [5.41, 5.74) is 1.21. The van der Waals surface area contributed by atoms with Crippen molar-refractivity contribution in [1.82, 2.24) is 0 Å². The molecule has 0 bridgehead atoms. The second-order valence-electron chi connectivity index (χ2n) is 5.08. The van der Waals surface area contributed by atoms with Gasteiger partial charge >= 0.3 is 0 Å². The van der Waals surface area contributed by atoms with E-state index >= 15 is 0 Å². The second kappa shape index (κ2) is 8.55. The highest BCUT2D eigenvalue weighted by Crippen LogP contribution is 2.28. The van der Waals surface area contributed by atoms with Gasteiger partial charge in [-0.1, -0.05) is 63.3 Å². The van der Waals surface area contributed by atoms with Gasteiger partial charge in [0.1, 0.15) is 0 Å². The van der Waals surface area contributed by atoms with Crippen LogP contribution < -0.4 is 0 Å². The first kappa shape index (κ1) is 15.5. The van der Waals surface area contributed by atoms with E-state index in [1.54, 1.807) is 0 Å². The number of aliphatic hydroxyl groups is 1. The molecule has 0 fully saturated rings. The van der Waals surface area contributed by atoms with Gasteiger partial charge in [-0.3, -0.25) is 0 Å². The number of unbranched alkanes of at least 4 members (excludes halogenated alkanes) is 1. The minimum absolute atomic E-state index is 0.226. The SMILES string of the molecule is CCCCC(CC)CC(CO)c1ccc(Cl)cc1. The van der Waals surface area contributed by atoms with Gasteiger partial charge in [-0.05, 0) is 30.0 Å². The molecule has 2 unspecified atom stereocenters. The molecule has 1 rings (SSSR count). The third-order valence-corrected chi connectivity index (χ3v) is 3.97. The van der Waals surface area contributed by atoms with Crippen LogP contribution in [-0.4, -0.2) is 11.7 Å². The maximum absolute atomic E-state index is 9.59. The van der Waals surface area contributed by atoms with Gasteiger partial charge in [0.05, 0.1) is 0 Å². The highest BCUT2D eigenvalue weighted by Gasteiger charge is 2.16. The third-order valence-electron chi connectivity index (χ3n) is 3.72. The second-order valence-corrected chi connectivity index (χ2v) is 5.52. The Morgan fingerprint density at radius 3 is 2.33 bits per heavy atom. The zero-order chi connectivity index (χ0) is 13.4. The monoisotopic (exact) mass is 268 g/mol. The number of rotatable bonds is 8. The molecule has 2 heteroatoms. The summed E-state index contributed by atoms with van der Waals surface area (Å²) >= 11 is 5.90. The molecule has 1 N–H and O–H groups in total. The lowest BCUT2D eigenvalue weighted by Crippen LogP contribution is -2.11. The van der Waals surface area contributed by atoms with Gasteiger partial charge in [0.15, 0.2) is 0 Å². The Morgan fingerprint density at radius 2 is 1.83 bits per heavy atom. The summed E-state index contributed by atoms with van der Waals surface area (Å²) in [5.74, 6) is 0.974. The van der Waals surface area contributed by atoms with Gasteiger partial charge in [0, 0.05) is 17.5 Å². The molecule has 0 aliphatic rings. The fourth-order valence-electron chi connectivity index (χ4n) is 2.43. The number of benzene rings is 1. The topological polar surface area (TPSA) is 20.2 Å². The Labute approximate surface area is 116 Å². The number of hydrogen-bond acceptors (Lipinski definition) is 1. The van der Waals surface area contributed by atoms with Crippen LogP contribution in [0.3, 0.4) is 0 Å². The summed E-state index contributed by atoms with van der Waals surface area (Å²) < 4.78 is 0. The standard InChI is InChI=1S/C16H25ClO/c1-3-5-6-13(4-2)11-15(12-18)14-7-9-16(17)10-8-14/h7-10,13,15,18H,3-6,11-12H2,1-2H3. The van der Waals surface area contributed by atoms with Crippen LogP contribution in [-0.2, 0) is 0 Å². The van der Waals surface area contributed by atoms with Crippen LogP contribution in [0, 0.1) is 5.92 Å². The van der Waals surface area contributed by atoms with Crippen molar-refractivity contribution in [1.29, 1.82) is 0 Å². The summed E-state index contributed by atoms with van der Waals surface area (Å²) in [4.78, 5) is 0. The molecule has 1 nitrogen and oxygen atoms in total. The van der Waals surface area contributed by atoms with Gasteiger partial charge < -0.3 is 5.11 Å². The van der Waals surface area contributed by atoms with Crippen LogP contribution in [0.5, 0.6) is 0 Å². The van der Waals surface area contributed by atoms with Crippen LogP contribution >= 0.6 is 11.6 Å². The Hall–Kier alpha value is -0.530. The van der Waals surface area contributed by atoms with E-state index in [1.165, 1.54) is 31.2 Å². The van der Waals surface area contributed by atoms with E-state index in [0.717, 1.165) is 17.4 Å². The average molecular weight is 269 g/mol. The van der Waals surface area contributed by atoms with E-state index < -0.39 is 0 Å². The molecule has 0 saturated heterocycles. The van der Waals surface area contributed by atoms with E-state index in [2.05, 4.69) is 13.8 Å². The van der Waals surface area contributed by atoms with Gasteiger partial charge in [-0.25, -0.2) is 0 Å². The van der Waals surface area contributed by atoms with Crippen molar-refractivity contribution in [2.24, 2.45) is 5.92 Å². The largest absolute Gasteiger partial charge is 0.396 e. The van der Waals surface area contributed by atoms with Gasteiger partial charge in [0.2, 0.25) is 0 Å². The normalized spacial score (nSPS) is 14.4. The average Bonchev–Trinajstić information content (AvgIpc) is 2.40. The van der Waals surface area contributed by atoms with Crippen LogP contribution in [0.25, 0.3) is 0 Å². The Bertz CT molecular complexity index is 320. The summed E-state index contributed by atoms with van der Waals surface area (Å²) in [7, 11) is 0. The van der Waals surface area contributed by atoms with Crippen molar-refractivity contribution in [3.8, 4) is 0 Å². The highest BCUT2D eigenvalue weighted by molar-refractivity contribution is 6.30. The van der Waals surface area contributed by atoms with E-state index in [-0.39, 0.29) is 12.5 Å². The minimum Gasteiger partial charge on any atom is -0.396 e. The highest BCUT2D eigenvalue weighted by atomic mass is 35.5. The lowest BCUT2D eigenvalue weighted by molar-refractivity contribution is 0.237. The molecule has 0 radical (unpaired) electrons. The molecule has 0 spiro atoms. The first-order valence-electron chi connectivity index (χ1n) is 7.07. The van der Waals surface area contributed by atoms with Crippen molar-refractivity contribution >= 4 is 11.6 Å². The molecule has 0 aliphatic carbocycles. The summed E-state index contributed by atoms with van der Waals surface area (Å²) in [5, 5.41) is 10.3.